The number of ether oxygens (including phenoxy) is 3. The van der Waals surface area contributed by atoms with Gasteiger partial charge in [0.2, 0.25) is 5.91 Å². The molecule has 0 aliphatic carbocycles. The van der Waals surface area contributed by atoms with E-state index in [-0.39, 0.29) is 6.61 Å². The van der Waals surface area contributed by atoms with Gasteiger partial charge in [-0.05, 0) is 35.2 Å². The Balaban J connectivity index is 2.08. The molecule has 3 N–H and O–H groups in total. The first-order valence-electron chi connectivity index (χ1n) is 8.13. The first-order valence-corrected chi connectivity index (χ1v) is 9.01. The van der Waals surface area contributed by atoms with E-state index < -0.39 is 23.8 Å². The van der Waals surface area contributed by atoms with Crippen molar-refractivity contribution in [2.45, 2.75) is 6.04 Å². The summed E-state index contributed by atoms with van der Waals surface area (Å²) in [5.74, 6) is -0.881. The lowest BCUT2D eigenvalue weighted by Crippen LogP contribution is -2.32. The fourth-order valence-electron chi connectivity index (χ4n) is 2.24. The number of primary amides is 1. The van der Waals surface area contributed by atoms with E-state index in [0.717, 1.165) is 0 Å². The molecule has 0 saturated carbocycles. The van der Waals surface area contributed by atoms with Gasteiger partial charge in [0.25, 0.3) is 5.91 Å². The van der Waals surface area contributed by atoms with E-state index in [0.29, 0.717) is 21.9 Å². The lowest BCUT2D eigenvalue weighted by molar-refractivity contribution is -0.144. The first-order chi connectivity index (χ1) is 13.4. The van der Waals surface area contributed by atoms with Crippen molar-refractivity contribution in [3.8, 4) is 11.5 Å². The normalized spacial score (nSPS) is 11.6. The van der Waals surface area contributed by atoms with Crippen molar-refractivity contribution in [3.63, 3.8) is 0 Å². The highest BCUT2D eigenvalue weighted by Gasteiger charge is 2.23. The van der Waals surface area contributed by atoms with Crippen molar-refractivity contribution in [2.75, 3.05) is 20.8 Å². The van der Waals surface area contributed by atoms with E-state index in [9.17, 15) is 14.4 Å². The van der Waals surface area contributed by atoms with Crippen LogP contribution in [0.15, 0.2) is 41.8 Å². The summed E-state index contributed by atoms with van der Waals surface area (Å²) in [6.07, 6.45) is 2.85. The van der Waals surface area contributed by atoms with Crippen LogP contribution in [0.2, 0.25) is 0 Å². The fraction of sp³-hybridized carbons (Fsp3) is 0.211. The molecule has 0 spiro atoms. The summed E-state index contributed by atoms with van der Waals surface area (Å²) in [7, 11) is 2.72. The fourth-order valence-corrected chi connectivity index (χ4v) is 3.00. The van der Waals surface area contributed by atoms with Crippen LogP contribution in [0.1, 0.15) is 16.5 Å². The SMILES string of the molecule is COC(=O)[C@H](NC(=O)/C=C/c1ccc(OCC(N)=O)c(OC)c1)c1cccs1. The van der Waals surface area contributed by atoms with E-state index in [4.69, 9.17) is 19.9 Å². The van der Waals surface area contributed by atoms with Gasteiger partial charge in [0.15, 0.2) is 24.1 Å². The second-order valence-corrected chi connectivity index (χ2v) is 6.46. The molecule has 148 valence electrons. The van der Waals surface area contributed by atoms with Gasteiger partial charge in [-0.3, -0.25) is 9.59 Å². The zero-order valence-corrected chi connectivity index (χ0v) is 16.2. The quantitative estimate of drug-likeness (QED) is 0.485. The predicted octanol–water partition coefficient (Wildman–Crippen LogP) is 1.66. The van der Waals surface area contributed by atoms with Crippen molar-refractivity contribution < 1.29 is 28.6 Å². The molecule has 1 atom stereocenters. The van der Waals surface area contributed by atoms with Crippen LogP contribution >= 0.6 is 11.3 Å². The van der Waals surface area contributed by atoms with E-state index in [2.05, 4.69) is 5.32 Å². The molecule has 8 nitrogen and oxygen atoms in total. The first kappa shape index (κ1) is 21.0. The van der Waals surface area contributed by atoms with Crippen molar-refractivity contribution in [3.05, 3.63) is 52.2 Å². The number of esters is 1. The summed E-state index contributed by atoms with van der Waals surface area (Å²) in [4.78, 5) is 35.7. The van der Waals surface area contributed by atoms with Crippen LogP contribution < -0.4 is 20.5 Å². The van der Waals surface area contributed by atoms with E-state index in [1.807, 2.05) is 0 Å². The number of amides is 2. The highest BCUT2D eigenvalue weighted by atomic mass is 32.1. The molecular formula is C19H20N2O6S. The summed E-state index contributed by atoms with van der Waals surface area (Å²) >= 11 is 1.34. The number of methoxy groups -OCH3 is 2. The van der Waals surface area contributed by atoms with E-state index in [1.54, 1.807) is 41.8 Å². The molecule has 2 aromatic rings. The van der Waals surface area contributed by atoms with Gasteiger partial charge < -0.3 is 25.3 Å². The van der Waals surface area contributed by atoms with Crippen molar-refractivity contribution in [2.24, 2.45) is 5.73 Å². The minimum atomic E-state index is -0.874. The topological polar surface area (TPSA) is 117 Å². The van der Waals surface area contributed by atoms with Gasteiger partial charge in [-0.2, -0.15) is 0 Å². The predicted molar refractivity (Wildman–Crippen MR) is 104 cm³/mol. The standard InChI is InChI=1S/C19H20N2O6S/c1-25-14-10-12(5-7-13(14)27-11-16(20)22)6-8-17(23)21-18(19(24)26-2)15-4-3-9-28-15/h3-10,18H,11H2,1-2H3,(H2,20,22)(H,21,23)/b8-6+/t18-/m1/s1. The maximum atomic E-state index is 12.2. The Labute approximate surface area is 165 Å². The van der Waals surface area contributed by atoms with Crippen molar-refractivity contribution in [1.29, 1.82) is 0 Å². The smallest absolute Gasteiger partial charge is 0.333 e. The van der Waals surface area contributed by atoms with Gasteiger partial charge in [0.1, 0.15) is 0 Å². The van der Waals surface area contributed by atoms with Crippen molar-refractivity contribution in [1.82, 2.24) is 5.32 Å². The second-order valence-electron chi connectivity index (χ2n) is 5.48. The number of rotatable bonds is 9. The van der Waals surface area contributed by atoms with Crippen LogP contribution in [0.5, 0.6) is 11.5 Å². The largest absolute Gasteiger partial charge is 0.493 e. The number of nitrogens with one attached hydrogen (secondary N) is 1. The van der Waals surface area contributed by atoms with Crippen LogP contribution in [0.4, 0.5) is 0 Å². The molecule has 0 radical (unpaired) electrons. The zero-order valence-electron chi connectivity index (χ0n) is 15.3. The minimum Gasteiger partial charge on any atom is -0.493 e. The Morgan fingerprint density at radius 2 is 2.00 bits per heavy atom. The molecule has 0 aliphatic rings. The number of nitrogens with two attached hydrogens (primary N) is 1. The highest BCUT2D eigenvalue weighted by molar-refractivity contribution is 7.10. The Morgan fingerprint density at radius 1 is 1.21 bits per heavy atom. The Bertz CT molecular complexity index is 863. The molecule has 0 bridgehead atoms. The molecule has 28 heavy (non-hydrogen) atoms. The summed E-state index contributed by atoms with van der Waals surface area (Å²) in [5, 5.41) is 4.42. The number of hydrogen-bond acceptors (Lipinski definition) is 7. The van der Waals surface area contributed by atoms with Gasteiger partial charge in [-0.15, -0.1) is 11.3 Å². The molecule has 0 aliphatic heterocycles. The van der Waals surface area contributed by atoms with Crippen LogP contribution in [-0.2, 0) is 19.1 Å². The monoisotopic (exact) mass is 404 g/mol. The Kier molecular flexibility index (Phi) is 7.58. The van der Waals surface area contributed by atoms with Crippen LogP contribution in [0, 0.1) is 0 Å². The number of carbonyl (C=O) groups excluding carboxylic acids is 3. The molecule has 2 amide bonds. The third-order valence-corrected chi connectivity index (χ3v) is 4.47. The van der Waals surface area contributed by atoms with Crippen LogP contribution in [0.3, 0.4) is 0 Å². The summed E-state index contributed by atoms with van der Waals surface area (Å²) in [6, 6.07) is 7.57. The molecule has 1 aromatic carbocycles. The van der Waals surface area contributed by atoms with Crippen molar-refractivity contribution >= 4 is 35.2 Å². The van der Waals surface area contributed by atoms with E-state index in [1.165, 1.54) is 31.6 Å². The third-order valence-electron chi connectivity index (χ3n) is 3.54. The highest BCUT2D eigenvalue weighted by Crippen LogP contribution is 2.28. The van der Waals surface area contributed by atoms with Gasteiger partial charge in [-0.1, -0.05) is 12.1 Å². The molecule has 1 heterocycles. The number of thiophene rings is 1. The van der Waals surface area contributed by atoms with Crippen LogP contribution in [-0.4, -0.2) is 38.6 Å². The molecule has 2 rings (SSSR count). The number of carbonyl (C=O) groups is 3. The second kappa shape index (κ2) is 10.1. The maximum Gasteiger partial charge on any atom is 0.333 e. The molecule has 1 aromatic heterocycles. The Hall–Kier alpha value is -3.33. The summed E-state index contributed by atoms with van der Waals surface area (Å²) < 4.78 is 15.2. The molecule has 9 heteroatoms. The minimum absolute atomic E-state index is 0.272. The maximum absolute atomic E-state index is 12.2. The Morgan fingerprint density at radius 3 is 2.61 bits per heavy atom. The summed E-state index contributed by atoms with van der Waals surface area (Å²) in [5.41, 5.74) is 5.71. The average Bonchev–Trinajstić information content (AvgIpc) is 3.22. The molecular weight excluding hydrogens is 384 g/mol. The molecule has 0 saturated heterocycles. The molecule has 0 fully saturated rings. The van der Waals surface area contributed by atoms with Gasteiger partial charge in [-0.25, -0.2) is 4.79 Å². The van der Waals surface area contributed by atoms with E-state index >= 15 is 0 Å². The lowest BCUT2D eigenvalue weighted by atomic mass is 10.2. The average molecular weight is 404 g/mol. The third kappa shape index (κ3) is 5.85. The van der Waals surface area contributed by atoms with Crippen LogP contribution in [0.25, 0.3) is 6.08 Å². The van der Waals surface area contributed by atoms with Gasteiger partial charge >= 0.3 is 5.97 Å². The number of hydrogen-bond donors (Lipinski definition) is 2. The zero-order chi connectivity index (χ0) is 20.5. The van der Waals surface area contributed by atoms with Gasteiger partial charge in [0, 0.05) is 11.0 Å². The lowest BCUT2D eigenvalue weighted by Gasteiger charge is -2.13. The number of benzene rings is 1. The summed E-state index contributed by atoms with van der Waals surface area (Å²) in [6.45, 7) is -0.272. The van der Waals surface area contributed by atoms with Gasteiger partial charge in [0.05, 0.1) is 14.2 Å². The molecule has 0 unspecified atom stereocenters.